The molecule has 2 aromatic carbocycles. The van der Waals surface area contributed by atoms with E-state index < -0.39 is 43.0 Å². The molecule has 132 valence electrons. The van der Waals surface area contributed by atoms with Crippen LogP contribution in [-0.2, 0) is 25.4 Å². The lowest BCUT2D eigenvalue weighted by molar-refractivity contribution is -0.388. The molecule has 0 saturated carbocycles. The van der Waals surface area contributed by atoms with Crippen molar-refractivity contribution >= 4 is 32.3 Å². The molecule has 0 aromatic heterocycles. The van der Waals surface area contributed by atoms with Crippen LogP contribution in [0.4, 0.5) is 5.69 Å². The lowest BCUT2D eigenvalue weighted by atomic mass is 10.3. The van der Waals surface area contributed by atoms with Crippen LogP contribution in [0.15, 0.2) is 58.3 Å². The van der Waals surface area contributed by atoms with Gasteiger partial charge in [-0.05, 0) is 24.3 Å². The monoisotopic (exact) mass is 383 g/mol. The van der Waals surface area contributed by atoms with Crippen LogP contribution in [-0.4, -0.2) is 35.5 Å². The zero-order chi connectivity index (χ0) is 18.6. The Hall–Kier alpha value is -2.59. The van der Waals surface area contributed by atoms with E-state index in [4.69, 9.17) is 4.74 Å². The van der Waals surface area contributed by atoms with Gasteiger partial charge in [0.1, 0.15) is 16.4 Å². The first kappa shape index (κ1) is 18.7. The Morgan fingerprint density at radius 1 is 1.20 bits per heavy atom. The van der Waals surface area contributed by atoms with Gasteiger partial charge in [-0.15, -0.1) is 0 Å². The topological polar surface area (TPSA) is 121 Å². The predicted octanol–water partition coefficient (Wildman–Crippen LogP) is 1.71. The third-order valence-corrected chi connectivity index (χ3v) is 5.47. The summed E-state index contributed by atoms with van der Waals surface area (Å²) >= 11 is 0. The quantitative estimate of drug-likeness (QED) is 0.322. The highest BCUT2D eigenvalue weighted by Crippen LogP contribution is 2.26. The van der Waals surface area contributed by atoms with Crippen molar-refractivity contribution in [3.63, 3.8) is 0 Å². The first-order valence-electron chi connectivity index (χ1n) is 6.81. The summed E-state index contributed by atoms with van der Waals surface area (Å²) in [7, 11) is -5.73. The molecule has 1 unspecified atom stereocenters. The molecule has 0 fully saturated rings. The second-order valence-corrected chi connectivity index (χ2v) is 8.37. The van der Waals surface area contributed by atoms with Crippen LogP contribution in [0.5, 0.6) is 5.75 Å². The average Bonchev–Trinajstić information content (AvgIpc) is 2.54. The van der Waals surface area contributed by atoms with Crippen LogP contribution in [0.2, 0.25) is 0 Å². The highest BCUT2D eigenvalue weighted by molar-refractivity contribution is 7.90. The number of nitro groups is 1. The van der Waals surface area contributed by atoms with Crippen molar-refractivity contribution in [2.75, 3.05) is 12.0 Å². The molecule has 1 atom stereocenters. The summed E-state index contributed by atoms with van der Waals surface area (Å²) in [5.74, 6) is -1.18. The minimum atomic E-state index is -3.66. The Labute approximate surface area is 146 Å². The third kappa shape index (κ3) is 4.94. The summed E-state index contributed by atoms with van der Waals surface area (Å²) in [6.07, 6.45) is 0.903. The van der Waals surface area contributed by atoms with Crippen LogP contribution in [0.1, 0.15) is 0 Å². The predicted molar refractivity (Wildman–Crippen MR) is 89.6 cm³/mol. The molecule has 0 heterocycles. The van der Waals surface area contributed by atoms with Gasteiger partial charge in [0, 0.05) is 12.3 Å². The first-order chi connectivity index (χ1) is 11.7. The summed E-state index contributed by atoms with van der Waals surface area (Å²) in [6, 6.07) is 11.1. The lowest BCUT2D eigenvalue weighted by Crippen LogP contribution is -2.17. The lowest BCUT2D eigenvalue weighted by Gasteiger charge is -2.06. The molecule has 0 amide bonds. The number of carbonyl (C=O) groups is 1. The molecule has 2 rings (SSSR count). The van der Waals surface area contributed by atoms with E-state index in [1.807, 2.05) is 0 Å². The first-order valence-corrected chi connectivity index (χ1v) is 10.0. The molecule has 0 radical (unpaired) electrons. The highest BCUT2D eigenvalue weighted by atomic mass is 32.2. The van der Waals surface area contributed by atoms with Crippen LogP contribution in [0, 0.1) is 10.1 Å². The van der Waals surface area contributed by atoms with E-state index in [0.29, 0.717) is 0 Å². The number of benzene rings is 2. The van der Waals surface area contributed by atoms with Crippen molar-refractivity contribution in [1.29, 1.82) is 0 Å². The molecule has 0 bridgehead atoms. The molecule has 0 aliphatic carbocycles. The minimum Gasteiger partial charge on any atom is -0.426 e. The van der Waals surface area contributed by atoms with Gasteiger partial charge in [0.05, 0.1) is 20.6 Å². The van der Waals surface area contributed by atoms with Crippen molar-refractivity contribution in [3.8, 4) is 5.75 Å². The molecular weight excluding hydrogens is 370 g/mol. The minimum absolute atomic E-state index is 0.248. The van der Waals surface area contributed by atoms with Gasteiger partial charge in [0.2, 0.25) is 0 Å². The maximum Gasteiger partial charge on any atom is 0.324 e. The number of hydrogen-bond acceptors (Lipinski definition) is 7. The molecule has 0 aliphatic rings. The van der Waals surface area contributed by atoms with Crippen LogP contribution >= 0.6 is 0 Å². The molecular formula is C15H13NO7S2. The number of ether oxygens (including phenoxy) is 1. The fourth-order valence-electron chi connectivity index (χ4n) is 1.90. The number of carbonyl (C=O) groups excluding carboxylic acids is 1. The van der Waals surface area contributed by atoms with E-state index in [0.717, 1.165) is 24.5 Å². The van der Waals surface area contributed by atoms with Gasteiger partial charge in [-0.1, -0.05) is 18.2 Å². The van der Waals surface area contributed by atoms with Gasteiger partial charge in [0.25, 0.3) is 5.69 Å². The molecule has 2 aromatic rings. The van der Waals surface area contributed by atoms with Gasteiger partial charge in [0.15, 0.2) is 9.84 Å². The number of rotatable bonds is 6. The summed E-state index contributed by atoms with van der Waals surface area (Å²) in [6.45, 7) is 0. The fraction of sp³-hybridized carbons (Fsp3) is 0.133. The number of para-hydroxylation sites is 1. The van der Waals surface area contributed by atoms with Crippen LogP contribution < -0.4 is 4.74 Å². The maximum atomic E-state index is 12.3. The van der Waals surface area contributed by atoms with Gasteiger partial charge in [-0.25, -0.2) is 8.42 Å². The fourth-order valence-corrected chi connectivity index (χ4v) is 3.55. The Balaban J connectivity index is 2.24. The van der Waals surface area contributed by atoms with Crippen LogP contribution in [0.25, 0.3) is 0 Å². The van der Waals surface area contributed by atoms with E-state index in [9.17, 15) is 27.5 Å². The van der Waals surface area contributed by atoms with Gasteiger partial charge >= 0.3 is 5.97 Å². The Morgan fingerprint density at radius 3 is 2.40 bits per heavy atom. The van der Waals surface area contributed by atoms with Gasteiger partial charge in [-0.3, -0.25) is 19.1 Å². The van der Waals surface area contributed by atoms with Crippen LogP contribution in [0.3, 0.4) is 0 Å². The third-order valence-electron chi connectivity index (χ3n) is 3.02. The molecule has 8 nitrogen and oxygen atoms in total. The van der Waals surface area contributed by atoms with E-state index in [2.05, 4.69) is 0 Å². The highest BCUT2D eigenvalue weighted by Gasteiger charge is 2.24. The maximum absolute atomic E-state index is 12.3. The summed E-state index contributed by atoms with van der Waals surface area (Å²) in [4.78, 5) is 21.6. The molecule has 0 aliphatic heterocycles. The summed E-state index contributed by atoms with van der Waals surface area (Å²) in [5, 5.41) is 11.1. The van der Waals surface area contributed by atoms with Crippen molar-refractivity contribution in [1.82, 2.24) is 0 Å². The van der Waals surface area contributed by atoms with E-state index in [-0.39, 0.29) is 15.5 Å². The largest absolute Gasteiger partial charge is 0.426 e. The summed E-state index contributed by atoms with van der Waals surface area (Å²) in [5.41, 5.74) is -0.631. The molecule has 0 saturated heterocycles. The van der Waals surface area contributed by atoms with Crippen molar-refractivity contribution < 1.29 is 27.1 Å². The second kappa shape index (κ2) is 7.53. The van der Waals surface area contributed by atoms with Gasteiger partial charge < -0.3 is 4.74 Å². The SMILES string of the molecule is CS(=O)(=O)c1ccc(S(=O)CC(=O)Oc2ccccc2)c([N+](=O)[O-])c1. The molecule has 25 heavy (non-hydrogen) atoms. The standard InChI is InChI=1S/C15H13NO7S2/c1-25(21,22)12-7-8-14(13(9-12)16(18)19)24(20)10-15(17)23-11-5-3-2-4-6-11/h2-9H,10H2,1H3. The Morgan fingerprint density at radius 2 is 1.84 bits per heavy atom. The summed E-state index contributed by atoms with van der Waals surface area (Å²) < 4.78 is 40.3. The number of hydrogen-bond donors (Lipinski definition) is 0. The average molecular weight is 383 g/mol. The number of nitro benzene ring substituents is 1. The van der Waals surface area contributed by atoms with E-state index >= 15 is 0 Å². The number of sulfone groups is 1. The van der Waals surface area contributed by atoms with E-state index in [1.165, 1.54) is 12.1 Å². The smallest absolute Gasteiger partial charge is 0.324 e. The number of nitrogens with zero attached hydrogens (tertiary/aromatic N) is 1. The van der Waals surface area contributed by atoms with E-state index in [1.54, 1.807) is 18.2 Å². The zero-order valence-corrected chi connectivity index (χ0v) is 14.6. The van der Waals surface area contributed by atoms with Crippen molar-refractivity contribution in [2.24, 2.45) is 0 Å². The molecule has 0 N–H and O–H groups in total. The Kier molecular flexibility index (Phi) is 5.65. The zero-order valence-electron chi connectivity index (χ0n) is 12.9. The molecule has 10 heteroatoms. The molecule has 0 spiro atoms. The van der Waals surface area contributed by atoms with Crippen molar-refractivity contribution in [3.05, 3.63) is 58.6 Å². The van der Waals surface area contributed by atoms with Gasteiger partial charge in [-0.2, -0.15) is 0 Å². The number of esters is 1. The normalized spacial score (nSPS) is 12.4. The van der Waals surface area contributed by atoms with Crippen molar-refractivity contribution in [2.45, 2.75) is 9.79 Å². The second-order valence-electron chi connectivity index (χ2n) is 4.94. The Bertz CT molecular complexity index is 940.